The Kier molecular flexibility index (Phi) is 4.15. The standard InChI is InChI=1S/C15H24O3SSi/c1-5-6-12-14-15(18-14,20(2,3)4)19(16,17)13-10-8-7-9-11-13/h7-11,14H,5-6,12H2,1-4H3/t14-,15+/m0/s1. The predicted octanol–water partition coefficient (Wildman–Crippen LogP) is 3.62. The highest BCUT2D eigenvalue weighted by Crippen LogP contribution is 2.53. The summed E-state index contributed by atoms with van der Waals surface area (Å²) in [6.07, 6.45) is 2.79. The molecule has 3 nitrogen and oxygen atoms in total. The van der Waals surface area contributed by atoms with E-state index >= 15 is 0 Å². The van der Waals surface area contributed by atoms with Gasteiger partial charge in [0, 0.05) is 0 Å². The first-order valence-corrected chi connectivity index (χ1v) is 12.2. The SMILES string of the molecule is CCCC[C@@H]1O[C@@]1([Si](C)(C)C)S(=O)(=O)c1ccccc1. The second-order valence-corrected chi connectivity index (χ2v) is 14.2. The Morgan fingerprint density at radius 3 is 2.30 bits per heavy atom. The quantitative estimate of drug-likeness (QED) is 0.595. The molecule has 0 aromatic heterocycles. The van der Waals surface area contributed by atoms with E-state index in [0.717, 1.165) is 19.3 Å². The fourth-order valence-electron chi connectivity index (χ4n) is 2.89. The van der Waals surface area contributed by atoms with E-state index in [-0.39, 0.29) is 6.10 Å². The molecule has 0 aliphatic carbocycles. The van der Waals surface area contributed by atoms with Crippen LogP contribution in [0.5, 0.6) is 0 Å². The molecule has 0 radical (unpaired) electrons. The number of ether oxygens (including phenoxy) is 1. The molecule has 0 saturated carbocycles. The number of epoxide rings is 1. The van der Waals surface area contributed by atoms with E-state index in [1.165, 1.54) is 0 Å². The van der Waals surface area contributed by atoms with Gasteiger partial charge in [-0.25, -0.2) is 8.42 Å². The summed E-state index contributed by atoms with van der Waals surface area (Å²) in [7, 11) is -5.44. The Balaban J connectivity index is 2.40. The molecule has 1 aromatic carbocycles. The molecule has 0 spiro atoms. The number of benzene rings is 1. The van der Waals surface area contributed by atoms with Crippen LogP contribution in [0.15, 0.2) is 35.2 Å². The first-order valence-electron chi connectivity index (χ1n) is 7.25. The minimum atomic E-state index is -3.43. The van der Waals surface area contributed by atoms with Gasteiger partial charge in [-0.2, -0.15) is 0 Å². The van der Waals surface area contributed by atoms with Crippen molar-refractivity contribution < 1.29 is 13.2 Å². The fourth-order valence-corrected chi connectivity index (χ4v) is 9.65. The van der Waals surface area contributed by atoms with Crippen molar-refractivity contribution in [2.24, 2.45) is 0 Å². The molecule has 1 aliphatic heterocycles. The van der Waals surface area contributed by atoms with E-state index < -0.39 is 22.5 Å². The Hall–Kier alpha value is -0.653. The molecule has 1 aliphatic rings. The lowest BCUT2D eigenvalue weighted by atomic mass is 10.2. The molecule has 0 amide bonds. The summed E-state index contributed by atoms with van der Waals surface area (Å²) >= 11 is 0. The zero-order chi connectivity index (χ0) is 15.0. The summed E-state index contributed by atoms with van der Waals surface area (Å²) in [4.78, 5) is 0.390. The van der Waals surface area contributed by atoms with Crippen LogP contribution in [-0.2, 0) is 14.6 Å². The third kappa shape index (κ3) is 2.36. The van der Waals surface area contributed by atoms with Gasteiger partial charge in [0.1, 0.15) is 8.07 Å². The minimum Gasteiger partial charge on any atom is -0.353 e. The van der Waals surface area contributed by atoms with Gasteiger partial charge in [0.15, 0.2) is 4.56 Å². The van der Waals surface area contributed by atoms with Gasteiger partial charge in [0.25, 0.3) is 0 Å². The van der Waals surface area contributed by atoms with E-state index in [9.17, 15) is 8.42 Å². The van der Waals surface area contributed by atoms with Crippen LogP contribution in [0, 0.1) is 0 Å². The maximum atomic E-state index is 13.0. The molecule has 1 fully saturated rings. The first kappa shape index (κ1) is 15.7. The molecule has 2 rings (SSSR count). The monoisotopic (exact) mass is 312 g/mol. The van der Waals surface area contributed by atoms with Crippen molar-refractivity contribution in [1.29, 1.82) is 0 Å². The van der Waals surface area contributed by atoms with Crippen LogP contribution in [0.3, 0.4) is 0 Å². The molecular formula is C15H24O3SSi. The van der Waals surface area contributed by atoms with Gasteiger partial charge in [-0.1, -0.05) is 57.6 Å². The molecule has 1 saturated heterocycles. The summed E-state index contributed by atoms with van der Waals surface area (Å²) in [6.45, 7) is 8.36. The normalized spacial score (nSPS) is 26.5. The number of hydrogen-bond donors (Lipinski definition) is 0. The zero-order valence-corrected chi connectivity index (χ0v) is 14.5. The zero-order valence-electron chi connectivity index (χ0n) is 12.7. The van der Waals surface area contributed by atoms with Crippen molar-refractivity contribution in [3.63, 3.8) is 0 Å². The molecule has 0 bridgehead atoms. The van der Waals surface area contributed by atoms with E-state index in [1.807, 2.05) is 6.07 Å². The van der Waals surface area contributed by atoms with Crippen LogP contribution in [0.4, 0.5) is 0 Å². The Morgan fingerprint density at radius 1 is 1.20 bits per heavy atom. The first-order chi connectivity index (χ1) is 9.27. The van der Waals surface area contributed by atoms with Crippen LogP contribution in [0.25, 0.3) is 0 Å². The second-order valence-electron chi connectivity index (χ2n) is 6.48. The Labute approximate surface area is 123 Å². The highest BCUT2D eigenvalue weighted by molar-refractivity contribution is 7.95. The Morgan fingerprint density at radius 2 is 1.80 bits per heavy atom. The van der Waals surface area contributed by atoms with Crippen molar-refractivity contribution in [2.45, 2.75) is 61.4 Å². The van der Waals surface area contributed by atoms with Crippen LogP contribution < -0.4 is 0 Å². The van der Waals surface area contributed by atoms with Crippen molar-refractivity contribution in [3.05, 3.63) is 30.3 Å². The maximum absolute atomic E-state index is 13.0. The van der Waals surface area contributed by atoms with Gasteiger partial charge in [-0.3, -0.25) is 0 Å². The van der Waals surface area contributed by atoms with Crippen LogP contribution >= 0.6 is 0 Å². The number of sulfone groups is 1. The van der Waals surface area contributed by atoms with E-state index in [1.54, 1.807) is 24.3 Å². The minimum absolute atomic E-state index is 0.126. The molecule has 5 heteroatoms. The highest BCUT2D eigenvalue weighted by Gasteiger charge is 2.72. The highest BCUT2D eigenvalue weighted by atomic mass is 32.2. The molecule has 112 valence electrons. The van der Waals surface area contributed by atoms with Crippen molar-refractivity contribution in [2.75, 3.05) is 0 Å². The van der Waals surface area contributed by atoms with Crippen molar-refractivity contribution in [3.8, 4) is 0 Å². The van der Waals surface area contributed by atoms with Gasteiger partial charge in [0.05, 0.1) is 11.0 Å². The fraction of sp³-hybridized carbons (Fsp3) is 0.600. The number of rotatable bonds is 6. The summed E-state index contributed by atoms with van der Waals surface area (Å²) in [5.74, 6) is 0. The third-order valence-corrected chi connectivity index (χ3v) is 11.2. The average Bonchev–Trinajstić information content (AvgIpc) is 3.13. The third-order valence-electron chi connectivity index (χ3n) is 4.00. The van der Waals surface area contributed by atoms with Crippen LogP contribution in [0.2, 0.25) is 19.6 Å². The lowest BCUT2D eigenvalue weighted by Gasteiger charge is -2.26. The van der Waals surface area contributed by atoms with Gasteiger partial charge >= 0.3 is 0 Å². The van der Waals surface area contributed by atoms with Gasteiger partial charge < -0.3 is 4.74 Å². The van der Waals surface area contributed by atoms with E-state index in [4.69, 9.17) is 4.74 Å². The van der Waals surface area contributed by atoms with Crippen LogP contribution in [0.1, 0.15) is 26.2 Å². The number of unbranched alkanes of at least 4 members (excludes halogenated alkanes) is 1. The van der Waals surface area contributed by atoms with Gasteiger partial charge in [0.2, 0.25) is 9.84 Å². The van der Waals surface area contributed by atoms with Gasteiger partial charge in [-0.05, 0) is 18.6 Å². The smallest absolute Gasteiger partial charge is 0.207 e. The molecule has 20 heavy (non-hydrogen) atoms. The maximum Gasteiger partial charge on any atom is 0.207 e. The lowest BCUT2D eigenvalue weighted by molar-refractivity contribution is 0.364. The van der Waals surface area contributed by atoms with Crippen molar-refractivity contribution >= 4 is 17.9 Å². The topological polar surface area (TPSA) is 46.7 Å². The molecule has 0 unspecified atom stereocenters. The predicted molar refractivity (Wildman–Crippen MR) is 84.1 cm³/mol. The summed E-state index contributed by atoms with van der Waals surface area (Å²) in [5.41, 5.74) is 0. The van der Waals surface area contributed by atoms with E-state index in [2.05, 4.69) is 26.6 Å². The molecule has 2 atom stereocenters. The molecule has 1 heterocycles. The summed E-state index contributed by atoms with van der Waals surface area (Å²) in [6, 6.07) is 8.73. The molecular weight excluding hydrogens is 288 g/mol. The largest absolute Gasteiger partial charge is 0.353 e. The van der Waals surface area contributed by atoms with Crippen LogP contribution in [-0.4, -0.2) is 27.2 Å². The molecule has 0 N–H and O–H groups in total. The molecule has 1 aromatic rings. The lowest BCUT2D eigenvalue weighted by Crippen LogP contribution is -2.49. The Bertz CT molecular complexity index is 563. The second kappa shape index (κ2) is 5.28. The van der Waals surface area contributed by atoms with Gasteiger partial charge in [-0.15, -0.1) is 0 Å². The summed E-state index contributed by atoms with van der Waals surface area (Å²) < 4.78 is 31.0. The summed E-state index contributed by atoms with van der Waals surface area (Å²) in [5, 5.41) is 0. The van der Waals surface area contributed by atoms with E-state index in [0.29, 0.717) is 4.90 Å². The number of hydrogen-bond acceptors (Lipinski definition) is 3. The van der Waals surface area contributed by atoms with Crippen molar-refractivity contribution in [1.82, 2.24) is 0 Å². The average molecular weight is 313 g/mol.